The monoisotopic (exact) mass is 256 g/mol. The van der Waals surface area contributed by atoms with Gasteiger partial charge >= 0.3 is 0 Å². The molecule has 1 heterocycles. The van der Waals surface area contributed by atoms with Gasteiger partial charge < -0.3 is 5.73 Å². The molecular weight excluding hydrogens is 236 g/mol. The molecule has 0 saturated heterocycles. The van der Waals surface area contributed by atoms with E-state index < -0.39 is 0 Å². The standard InChI is InChI=1S/C16H20N2O/c1-10(2)12-6-5-11(3)14(7-12)13-8-15(17)18(4)16(19)9-13/h5-10H,17H2,1-4H3. The van der Waals surface area contributed by atoms with E-state index in [1.165, 1.54) is 10.1 Å². The van der Waals surface area contributed by atoms with Crippen LogP contribution in [0.15, 0.2) is 35.1 Å². The predicted molar refractivity (Wildman–Crippen MR) is 80.4 cm³/mol. The number of nitrogen functional groups attached to an aromatic ring is 1. The minimum atomic E-state index is -0.0793. The van der Waals surface area contributed by atoms with Crippen LogP contribution in [0.25, 0.3) is 11.1 Å². The Kier molecular flexibility index (Phi) is 3.47. The third kappa shape index (κ3) is 2.55. The smallest absolute Gasteiger partial charge is 0.252 e. The Bertz CT molecular complexity index is 669. The van der Waals surface area contributed by atoms with Gasteiger partial charge in [0.25, 0.3) is 5.56 Å². The third-order valence-electron chi connectivity index (χ3n) is 3.54. The molecule has 0 bridgehead atoms. The van der Waals surface area contributed by atoms with E-state index in [0.717, 1.165) is 16.7 Å². The van der Waals surface area contributed by atoms with E-state index in [9.17, 15) is 4.79 Å². The Balaban J connectivity index is 2.64. The molecular formula is C16H20N2O. The predicted octanol–water partition coefficient (Wildman–Crippen LogP) is 3.07. The van der Waals surface area contributed by atoms with E-state index >= 15 is 0 Å². The van der Waals surface area contributed by atoms with Crippen molar-refractivity contribution in [3.05, 3.63) is 51.8 Å². The van der Waals surface area contributed by atoms with Crippen LogP contribution in [-0.4, -0.2) is 4.57 Å². The zero-order valence-electron chi connectivity index (χ0n) is 11.9. The minimum Gasteiger partial charge on any atom is -0.385 e. The van der Waals surface area contributed by atoms with Gasteiger partial charge in [-0.25, -0.2) is 0 Å². The van der Waals surface area contributed by atoms with Crippen LogP contribution in [0.4, 0.5) is 5.82 Å². The number of hydrogen-bond acceptors (Lipinski definition) is 2. The molecule has 2 N–H and O–H groups in total. The van der Waals surface area contributed by atoms with E-state index in [4.69, 9.17) is 5.73 Å². The van der Waals surface area contributed by atoms with Gasteiger partial charge in [-0.1, -0.05) is 32.0 Å². The summed E-state index contributed by atoms with van der Waals surface area (Å²) in [6, 6.07) is 9.87. The maximum Gasteiger partial charge on any atom is 0.252 e. The van der Waals surface area contributed by atoms with Gasteiger partial charge in [0.2, 0.25) is 0 Å². The van der Waals surface area contributed by atoms with E-state index in [-0.39, 0.29) is 5.56 Å². The van der Waals surface area contributed by atoms with Gasteiger partial charge in [-0.15, -0.1) is 0 Å². The van der Waals surface area contributed by atoms with Crippen molar-refractivity contribution in [2.45, 2.75) is 26.7 Å². The number of nitrogens with zero attached hydrogens (tertiary/aromatic N) is 1. The second-order valence-electron chi connectivity index (χ2n) is 5.30. The second kappa shape index (κ2) is 4.92. The lowest BCUT2D eigenvalue weighted by Crippen LogP contribution is -2.18. The van der Waals surface area contributed by atoms with Crippen LogP contribution in [0.2, 0.25) is 0 Å². The summed E-state index contributed by atoms with van der Waals surface area (Å²) in [5.41, 5.74) is 10.2. The Hall–Kier alpha value is -2.03. The summed E-state index contributed by atoms with van der Waals surface area (Å²) in [7, 11) is 1.68. The quantitative estimate of drug-likeness (QED) is 0.897. The zero-order chi connectivity index (χ0) is 14.2. The highest BCUT2D eigenvalue weighted by Gasteiger charge is 2.08. The molecule has 100 valence electrons. The first kappa shape index (κ1) is 13.4. The van der Waals surface area contributed by atoms with Crippen molar-refractivity contribution in [2.75, 3.05) is 5.73 Å². The summed E-state index contributed by atoms with van der Waals surface area (Å²) < 4.78 is 1.45. The lowest BCUT2D eigenvalue weighted by molar-refractivity contribution is 0.865. The minimum absolute atomic E-state index is 0.0793. The highest BCUT2D eigenvalue weighted by Crippen LogP contribution is 2.27. The van der Waals surface area contributed by atoms with Crippen molar-refractivity contribution in [1.29, 1.82) is 0 Å². The van der Waals surface area contributed by atoms with Crippen molar-refractivity contribution in [2.24, 2.45) is 7.05 Å². The highest BCUT2D eigenvalue weighted by atomic mass is 16.1. The third-order valence-corrected chi connectivity index (χ3v) is 3.54. The van der Waals surface area contributed by atoms with Crippen LogP contribution in [0.3, 0.4) is 0 Å². The van der Waals surface area contributed by atoms with Gasteiger partial charge in [-0.3, -0.25) is 9.36 Å². The molecule has 0 unspecified atom stereocenters. The fourth-order valence-corrected chi connectivity index (χ4v) is 2.12. The maximum absolute atomic E-state index is 11.8. The topological polar surface area (TPSA) is 48.0 Å². The number of anilines is 1. The van der Waals surface area contributed by atoms with E-state index in [1.807, 2.05) is 13.0 Å². The molecule has 2 rings (SSSR count). The average molecular weight is 256 g/mol. The largest absolute Gasteiger partial charge is 0.385 e. The van der Waals surface area contributed by atoms with Gasteiger partial charge in [-0.2, -0.15) is 0 Å². The maximum atomic E-state index is 11.8. The van der Waals surface area contributed by atoms with E-state index in [1.54, 1.807) is 13.1 Å². The molecule has 0 aliphatic rings. The van der Waals surface area contributed by atoms with Crippen LogP contribution >= 0.6 is 0 Å². The molecule has 3 heteroatoms. The Morgan fingerprint density at radius 2 is 1.84 bits per heavy atom. The fraction of sp³-hybridized carbons (Fsp3) is 0.312. The van der Waals surface area contributed by atoms with Gasteiger partial charge in [0, 0.05) is 13.1 Å². The normalized spacial score (nSPS) is 11.0. The van der Waals surface area contributed by atoms with Crippen molar-refractivity contribution < 1.29 is 0 Å². The first-order chi connectivity index (χ1) is 8.90. The lowest BCUT2D eigenvalue weighted by atomic mass is 9.94. The Morgan fingerprint density at radius 3 is 2.42 bits per heavy atom. The summed E-state index contributed by atoms with van der Waals surface area (Å²) in [5, 5.41) is 0. The van der Waals surface area contributed by atoms with E-state index in [0.29, 0.717) is 11.7 Å². The number of aromatic nitrogens is 1. The number of pyridine rings is 1. The van der Waals surface area contributed by atoms with Crippen LogP contribution in [-0.2, 0) is 7.05 Å². The number of nitrogens with two attached hydrogens (primary N) is 1. The highest BCUT2D eigenvalue weighted by molar-refractivity contribution is 5.70. The molecule has 2 aromatic rings. The van der Waals surface area contributed by atoms with Crippen molar-refractivity contribution in [3.63, 3.8) is 0 Å². The van der Waals surface area contributed by atoms with Crippen LogP contribution in [0.1, 0.15) is 30.9 Å². The number of rotatable bonds is 2. The van der Waals surface area contributed by atoms with Crippen LogP contribution in [0.5, 0.6) is 0 Å². The Morgan fingerprint density at radius 1 is 1.16 bits per heavy atom. The number of benzene rings is 1. The van der Waals surface area contributed by atoms with Gasteiger partial charge in [0.15, 0.2) is 0 Å². The Labute approximate surface area is 113 Å². The summed E-state index contributed by atoms with van der Waals surface area (Å²) in [6.07, 6.45) is 0. The summed E-state index contributed by atoms with van der Waals surface area (Å²) in [6.45, 7) is 6.37. The van der Waals surface area contributed by atoms with Crippen molar-refractivity contribution >= 4 is 5.82 Å². The molecule has 0 fully saturated rings. The summed E-state index contributed by atoms with van der Waals surface area (Å²) in [5.74, 6) is 0.945. The van der Waals surface area contributed by atoms with Crippen LogP contribution < -0.4 is 11.3 Å². The molecule has 0 aliphatic carbocycles. The first-order valence-electron chi connectivity index (χ1n) is 6.47. The molecule has 1 aromatic heterocycles. The fourth-order valence-electron chi connectivity index (χ4n) is 2.12. The SMILES string of the molecule is Cc1ccc(C(C)C)cc1-c1cc(N)n(C)c(=O)c1. The molecule has 0 radical (unpaired) electrons. The van der Waals surface area contributed by atoms with Crippen molar-refractivity contribution in [1.82, 2.24) is 4.57 Å². The number of aryl methyl sites for hydroxylation is 1. The summed E-state index contributed by atoms with van der Waals surface area (Å²) >= 11 is 0. The average Bonchev–Trinajstić information content (AvgIpc) is 2.35. The molecule has 3 nitrogen and oxygen atoms in total. The molecule has 19 heavy (non-hydrogen) atoms. The molecule has 0 amide bonds. The van der Waals surface area contributed by atoms with Gasteiger partial charge in [-0.05, 0) is 41.2 Å². The van der Waals surface area contributed by atoms with Gasteiger partial charge in [0.05, 0.1) is 0 Å². The molecule has 0 saturated carbocycles. The first-order valence-corrected chi connectivity index (χ1v) is 6.47. The second-order valence-corrected chi connectivity index (χ2v) is 5.30. The number of hydrogen-bond donors (Lipinski definition) is 1. The van der Waals surface area contributed by atoms with Crippen LogP contribution in [0, 0.1) is 6.92 Å². The zero-order valence-corrected chi connectivity index (χ0v) is 11.9. The summed E-state index contributed by atoms with van der Waals surface area (Å²) in [4.78, 5) is 11.8. The molecule has 0 atom stereocenters. The molecule has 1 aromatic carbocycles. The molecule has 0 spiro atoms. The lowest BCUT2D eigenvalue weighted by Gasteiger charge is -2.13. The van der Waals surface area contributed by atoms with Gasteiger partial charge in [0.1, 0.15) is 5.82 Å². The van der Waals surface area contributed by atoms with Crippen molar-refractivity contribution in [3.8, 4) is 11.1 Å². The molecule has 0 aliphatic heterocycles. The van der Waals surface area contributed by atoms with E-state index in [2.05, 4.69) is 32.0 Å².